The quantitative estimate of drug-likeness (QED) is 0.150. The summed E-state index contributed by atoms with van der Waals surface area (Å²) in [7, 11) is -3.64. The molecule has 6 aliphatic rings. The number of benzene rings is 2. The van der Waals surface area contributed by atoms with Crippen LogP contribution in [0.1, 0.15) is 127 Å². The number of carbonyl (C=O) groups excluding carboxylic acids is 2. The number of amides is 2. The number of aliphatic hydroxyl groups excluding tert-OH is 1. The average molecular weight is 885 g/mol. The first kappa shape index (κ1) is 46.4. The van der Waals surface area contributed by atoms with Crippen molar-refractivity contribution in [2.24, 2.45) is 56.7 Å². The van der Waals surface area contributed by atoms with E-state index in [0.717, 1.165) is 62.7 Å². The maximum atomic E-state index is 14.7. The molecule has 2 amide bonds. The minimum Gasteiger partial charge on any atom is -0.393 e. The maximum Gasteiger partial charge on any atom is 0.251 e. The van der Waals surface area contributed by atoms with Crippen LogP contribution in [0.2, 0.25) is 0 Å². The highest BCUT2D eigenvalue weighted by Crippen LogP contribution is 2.77. The zero-order valence-electron chi connectivity index (χ0n) is 39.1. The van der Waals surface area contributed by atoms with Gasteiger partial charge in [0, 0.05) is 44.8 Å². The number of ether oxygens (including phenoxy) is 1. The second kappa shape index (κ2) is 17.6. The molecule has 10 nitrogen and oxygen atoms in total. The Hall–Kier alpha value is -3.09. The molecule has 0 spiro atoms. The minimum atomic E-state index is -3.64. The predicted molar refractivity (Wildman–Crippen MR) is 248 cm³/mol. The van der Waals surface area contributed by atoms with Crippen LogP contribution in [0.3, 0.4) is 0 Å². The smallest absolute Gasteiger partial charge is 0.251 e. The second-order valence-electron chi connectivity index (χ2n) is 22.1. The topological polar surface area (TPSA) is 137 Å². The molecular weight excluding hydrogens is 809 g/mol. The zero-order chi connectivity index (χ0) is 45.0. The number of aliphatic hydroxyl groups is 1. The molecule has 3 unspecified atom stereocenters. The Morgan fingerprint density at radius 3 is 2.30 bits per heavy atom. The van der Waals surface area contributed by atoms with Gasteiger partial charge in [-0.1, -0.05) is 71.0 Å². The molecule has 1 heterocycles. The fourth-order valence-electron chi connectivity index (χ4n) is 15.2. The summed E-state index contributed by atoms with van der Waals surface area (Å²) in [6, 6.07) is 14.2. The number of rotatable bonds is 13. The molecule has 10 atom stereocenters. The summed E-state index contributed by atoms with van der Waals surface area (Å²) in [5.74, 6) is 2.27. The summed E-state index contributed by atoms with van der Waals surface area (Å²) >= 11 is 0. The molecule has 8 rings (SSSR count). The van der Waals surface area contributed by atoms with Crippen molar-refractivity contribution in [3.05, 3.63) is 77.4 Å². The van der Waals surface area contributed by atoms with Crippen LogP contribution >= 0.6 is 0 Å². The second-order valence-corrected chi connectivity index (χ2v) is 23.9. The highest BCUT2D eigenvalue weighted by atomic mass is 32.2. The summed E-state index contributed by atoms with van der Waals surface area (Å²) in [6.07, 6.45) is 11.1. The van der Waals surface area contributed by atoms with Gasteiger partial charge < -0.3 is 20.5 Å². The van der Waals surface area contributed by atoms with Gasteiger partial charge in [0.25, 0.3) is 5.91 Å². The number of carbonyl (C=O) groups is 2. The van der Waals surface area contributed by atoms with E-state index in [-0.39, 0.29) is 56.9 Å². The Balaban J connectivity index is 0.876. The number of nitrogens with zero attached hydrogens (tertiary/aromatic N) is 1. The Morgan fingerprint density at radius 2 is 1.57 bits per heavy atom. The van der Waals surface area contributed by atoms with Crippen molar-refractivity contribution >= 4 is 21.8 Å². The summed E-state index contributed by atoms with van der Waals surface area (Å²) in [4.78, 5) is 30.4. The van der Waals surface area contributed by atoms with Gasteiger partial charge in [0.1, 0.15) is 0 Å². The third kappa shape index (κ3) is 8.27. The van der Waals surface area contributed by atoms with Crippen molar-refractivity contribution in [3.63, 3.8) is 0 Å². The van der Waals surface area contributed by atoms with Crippen molar-refractivity contribution < 1.29 is 27.9 Å². The van der Waals surface area contributed by atoms with Gasteiger partial charge in [0.05, 0.1) is 29.6 Å². The molecule has 1 saturated heterocycles. The molecule has 5 aliphatic carbocycles. The molecule has 4 N–H and O–H groups in total. The summed E-state index contributed by atoms with van der Waals surface area (Å²) in [5.41, 5.74) is 3.66. The van der Waals surface area contributed by atoms with Crippen LogP contribution in [-0.4, -0.2) is 82.3 Å². The van der Waals surface area contributed by atoms with Gasteiger partial charge in [0.2, 0.25) is 15.9 Å². The number of sulfonamides is 1. The van der Waals surface area contributed by atoms with E-state index < -0.39 is 15.4 Å². The molecule has 346 valence electrons. The van der Waals surface area contributed by atoms with Crippen LogP contribution in [0.5, 0.6) is 0 Å². The number of hydrogen-bond acceptors (Lipinski definition) is 7. The van der Waals surface area contributed by atoms with Crippen LogP contribution in [0.25, 0.3) is 0 Å². The fourth-order valence-corrected chi connectivity index (χ4v) is 16.2. The van der Waals surface area contributed by atoms with E-state index in [1.54, 1.807) is 30.3 Å². The lowest BCUT2D eigenvalue weighted by Crippen LogP contribution is -2.67. The van der Waals surface area contributed by atoms with Gasteiger partial charge in [-0.25, -0.2) is 13.1 Å². The van der Waals surface area contributed by atoms with Crippen molar-refractivity contribution in [3.8, 4) is 0 Å². The van der Waals surface area contributed by atoms with Crippen molar-refractivity contribution in [1.29, 1.82) is 0 Å². The lowest BCUT2D eigenvalue weighted by Gasteiger charge is -2.72. The lowest BCUT2D eigenvalue weighted by molar-refractivity contribution is -0.246. The summed E-state index contributed by atoms with van der Waals surface area (Å²) in [6.45, 7) is 23.9. The van der Waals surface area contributed by atoms with Gasteiger partial charge in [-0.15, -0.1) is 0 Å². The molecule has 6 fully saturated rings. The van der Waals surface area contributed by atoms with Crippen LogP contribution in [-0.2, 0) is 32.5 Å². The standard InChI is InChI=1S/C52H76N4O6S/c1-35(2)40-17-23-52(25-24-50(6)41(45(40)52)15-16-43-49(5)21-19-44(57)48(3,4)42(49)18-22-51(43,50)7)47(59)53-26-20-36-9-8-10-38(33-36)46(58)54-34-37-11-13-39(14-12-37)63(60,61)55-27-28-56-29-31-62-32-30-56/h8-14,33,40-45,55,57H,1,15-32,34H2,2-7H3,(H,53,59)(H,54,58)/t40-,41?,42?,43?,44-,45+,49-,50+,51+,52-/m0/s1. The Bertz CT molecular complexity index is 2140. The monoisotopic (exact) mass is 885 g/mol. The first-order valence-corrected chi connectivity index (χ1v) is 25.7. The number of nitrogens with one attached hydrogen (secondary N) is 3. The zero-order valence-corrected chi connectivity index (χ0v) is 39.9. The summed E-state index contributed by atoms with van der Waals surface area (Å²) < 4.78 is 33.8. The molecular formula is C52H76N4O6S. The molecule has 1 aliphatic heterocycles. The first-order chi connectivity index (χ1) is 29.9. The Labute approximate surface area is 378 Å². The van der Waals surface area contributed by atoms with Gasteiger partial charge in [0.15, 0.2) is 0 Å². The van der Waals surface area contributed by atoms with Crippen molar-refractivity contribution in [1.82, 2.24) is 20.3 Å². The molecule has 2 aromatic rings. The van der Waals surface area contributed by atoms with E-state index in [1.165, 1.54) is 31.3 Å². The highest BCUT2D eigenvalue weighted by molar-refractivity contribution is 7.89. The van der Waals surface area contributed by atoms with E-state index in [9.17, 15) is 23.1 Å². The molecule has 2 aromatic carbocycles. The number of hydrogen-bond donors (Lipinski definition) is 4. The number of morpholine rings is 1. The summed E-state index contributed by atoms with van der Waals surface area (Å²) in [5, 5.41) is 17.6. The van der Waals surface area contributed by atoms with E-state index in [1.807, 2.05) is 18.2 Å². The largest absolute Gasteiger partial charge is 0.393 e. The van der Waals surface area contributed by atoms with Crippen LogP contribution in [0.15, 0.2) is 65.6 Å². The van der Waals surface area contributed by atoms with Gasteiger partial charge >= 0.3 is 0 Å². The van der Waals surface area contributed by atoms with Crippen molar-refractivity contribution in [2.75, 3.05) is 45.9 Å². The molecule has 5 saturated carbocycles. The lowest BCUT2D eigenvalue weighted by atomic mass is 9.32. The normalized spacial score (nSPS) is 36.2. The van der Waals surface area contributed by atoms with Crippen molar-refractivity contribution in [2.45, 2.75) is 130 Å². The van der Waals surface area contributed by atoms with E-state index >= 15 is 0 Å². The predicted octanol–water partition coefficient (Wildman–Crippen LogP) is 7.90. The third-order valence-electron chi connectivity index (χ3n) is 18.9. The third-order valence-corrected chi connectivity index (χ3v) is 20.4. The number of allylic oxidation sites excluding steroid dienone is 1. The van der Waals surface area contributed by atoms with Crippen LogP contribution < -0.4 is 15.4 Å². The maximum absolute atomic E-state index is 14.7. The van der Waals surface area contributed by atoms with E-state index in [0.29, 0.717) is 68.5 Å². The Morgan fingerprint density at radius 1 is 0.825 bits per heavy atom. The molecule has 0 bridgehead atoms. The van der Waals surface area contributed by atoms with Crippen LogP contribution in [0, 0.1) is 56.7 Å². The molecule has 0 aromatic heterocycles. The minimum absolute atomic E-state index is 0.0675. The average Bonchev–Trinajstić information content (AvgIpc) is 3.67. The molecule has 0 radical (unpaired) electrons. The fraction of sp³-hybridized carbons (Fsp3) is 0.692. The van der Waals surface area contributed by atoms with Crippen LogP contribution in [0.4, 0.5) is 0 Å². The number of fused-ring (bicyclic) bond motifs is 7. The van der Waals surface area contributed by atoms with E-state index in [2.05, 4.69) is 68.4 Å². The first-order valence-electron chi connectivity index (χ1n) is 24.2. The van der Waals surface area contributed by atoms with Gasteiger partial charge in [-0.2, -0.15) is 0 Å². The van der Waals surface area contributed by atoms with Gasteiger partial charge in [-0.05, 0) is 164 Å². The van der Waals surface area contributed by atoms with E-state index in [4.69, 9.17) is 4.74 Å². The highest BCUT2D eigenvalue weighted by Gasteiger charge is 2.71. The Kier molecular flexibility index (Phi) is 13.0. The molecule has 11 heteroatoms. The van der Waals surface area contributed by atoms with Gasteiger partial charge in [-0.3, -0.25) is 14.5 Å². The SMILES string of the molecule is C=C(C)[C@@H]1CC[C@]2(C(=O)NCCc3cccc(C(=O)NCc4ccc(S(=O)(=O)NCCN5CCOCC5)cc4)c3)CC[C@]3(C)C(CCC4[C@@]5(C)CC[C@H](O)C(C)(C)C5CC[C@]43C)[C@@H]12. The molecule has 63 heavy (non-hydrogen) atoms.